The lowest BCUT2D eigenvalue weighted by Crippen LogP contribution is -1.96. The van der Waals surface area contributed by atoms with Crippen molar-refractivity contribution in [1.82, 2.24) is 0 Å². The Balaban J connectivity index is 2.68. The van der Waals surface area contributed by atoms with Crippen molar-refractivity contribution in [2.75, 3.05) is 0 Å². The van der Waals surface area contributed by atoms with E-state index in [-0.39, 0.29) is 10.9 Å². The summed E-state index contributed by atoms with van der Waals surface area (Å²) in [5, 5.41) is 6.78. The van der Waals surface area contributed by atoms with E-state index < -0.39 is 0 Å². The lowest BCUT2D eigenvalue weighted by atomic mass is 10.4. The lowest BCUT2D eigenvalue weighted by Gasteiger charge is -1.95. The fourth-order valence-corrected chi connectivity index (χ4v) is 0.590. The highest BCUT2D eigenvalue weighted by atomic mass is 79.9. The van der Waals surface area contributed by atoms with Crippen LogP contribution in [0.2, 0.25) is 0 Å². The number of hydrogen-bond acceptors (Lipinski definition) is 2. The van der Waals surface area contributed by atoms with Gasteiger partial charge >= 0.3 is 0 Å². The number of azo groups is 1. The molecule has 0 spiro atoms. The van der Waals surface area contributed by atoms with E-state index in [4.69, 9.17) is 0 Å². The van der Waals surface area contributed by atoms with Gasteiger partial charge in [-0.05, 0) is 6.08 Å². The summed E-state index contributed by atoms with van der Waals surface area (Å²) in [7, 11) is 0. The topological polar surface area (TPSA) is 41.8 Å². The summed E-state index contributed by atoms with van der Waals surface area (Å²) in [6, 6.07) is 0. The first kappa shape index (κ1) is 5.62. The largest absolute Gasteiger partial charge is 0.287 e. The smallest absolute Gasteiger partial charge is 0.266 e. The maximum absolute atomic E-state index is 10.2. The summed E-state index contributed by atoms with van der Waals surface area (Å²) in [4.78, 5) is 10.1. The van der Waals surface area contributed by atoms with Gasteiger partial charge in [0, 0.05) is 6.08 Å². The van der Waals surface area contributed by atoms with Crippen LogP contribution in [0.25, 0.3) is 0 Å². The number of hydrogen-bond donors (Lipinski definition) is 0. The Morgan fingerprint density at radius 2 is 2.50 bits per heavy atom. The van der Waals surface area contributed by atoms with E-state index in [9.17, 15) is 4.79 Å². The molecular weight excluding hydrogens is 172 g/mol. The number of amides is 1. The van der Waals surface area contributed by atoms with Crippen molar-refractivity contribution in [3.8, 4) is 0 Å². The van der Waals surface area contributed by atoms with E-state index in [1.807, 2.05) is 0 Å². The summed E-state index contributed by atoms with van der Waals surface area (Å²) >= 11 is 3.12. The summed E-state index contributed by atoms with van der Waals surface area (Å²) in [6.45, 7) is 0. The van der Waals surface area contributed by atoms with Gasteiger partial charge in [0.2, 0.25) is 0 Å². The first-order valence-electron chi connectivity index (χ1n) is 2.06. The Hall–Kier alpha value is -0.510. The number of carbonyl (C=O) groups excluding carboxylic acids is 1. The molecule has 1 unspecified atom stereocenters. The molecule has 1 aliphatic rings. The summed E-state index contributed by atoms with van der Waals surface area (Å²) in [6.07, 6.45) is 3.02. The second kappa shape index (κ2) is 2.17. The molecule has 0 N–H and O–H groups in total. The van der Waals surface area contributed by atoms with Crippen LogP contribution in [0, 0.1) is 0 Å². The van der Waals surface area contributed by atoms with Crippen LogP contribution in [0.5, 0.6) is 0 Å². The van der Waals surface area contributed by atoms with Gasteiger partial charge < -0.3 is 0 Å². The van der Waals surface area contributed by atoms with Gasteiger partial charge in [0.05, 0.1) is 0 Å². The molecular formula is C4H3BrN2O. The van der Waals surface area contributed by atoms with E-state index in [1.54, 1.807) is 6.08 Å². The van der Waals surface area contributed by atoms with Gasteiger partial charge in [-0.3, -0.25) is 4.79 Å². The zero-order valence-corrected chi connectivity index (χ0v) is 5.50. The maximum Gasteiger partial charge on any atom is 0.287 e. The van der Waals surface area contributed by atoms with Crippen LogP contribution in [0.1, 0.15) is 0 Å². The summed E-state index contributed by atoms with van der Waals surface area (Å²) < 4.78 is 0. The maximum atomic E-state index is 10.2. The van der Waals surface area contributed by atoms with Gasteiger partial charge in [0.1, 0.15) is 4.95 Å². The molecule has 0 radical (unpaired) electrons. The normalized spacial score (nSPS) is 26.6. The highest BCUT2D eigenvalue weighted by Crippen LogP contribution is 2.07. The Kier molecular flexibility index (Phi) is 1.53. The van der Waals surface area contributed by atoms with Crippen LogP contribution >= 0.6 is 15.9 Å². The molecule has 4 heteroatoms. The fourth-order valence-electron chi connectivity index (χ4n) is 0.346. The predicted octanol–water partition coefficient (Wildman–Crippen LogP) is 1.26. The SMILES string of the molecule is O=C1C=CC(Br)N=N1. The van der Waals surface area contributed by atoms with Crippen LogP contribution in [0.15, 0.2) is 22.4 Å². The highest BCUT2D eigenvalue weighted by molar-refractivity contribution is 9.09. The van der Waals surface area contributed by atoms with Crippen molar-refractivity contribution in [3.63, 3.8) is 0 Å². The van der Waals surface area contributed by atoms with E-state index in [0.717, 1.165) is 0 Å². The minimum absolute atomic E-state index is 0.111. The van der Waals surface area contributed by atoms with Gasteiger partial charge in [0.15, 0.2) is 0 Å². The molecule has 42 valence electrons. The van der Waals surface area contributed by atoms with Crippen molar-refractivity contribution in [3.05, 3.63) is 12.2 Å². The molecule has 0 saturated heterocycles. The molecule has 0 fully saturated rings. The molecule has 3 nitrogen and oxygen atoms in total. The average molecular weight is 175 g/mol. The van der Waals surface area contributed by atoms with E-state index in [1.165, 1.54) is 6.08 Å². The lowest BCUT2D eigenvalue weighted by molar-refractivity contribution is -0.114. The van der Waals surface area contributed by atoms with E-state index >= 15 is 0 Å². The predicted molar refractivity (Wildman–Crippen MR) is 31.7 cm³/mol. The van der Waals surface area contributed by atoms with Crippen LogP contribution in [0.3, 0.4) is 0 Å². The van der Waals surface area contributed by atoms with Gasteiger partial charge in [-0.2, -0.15) is 5.11 Å². The Labute approximate surface area is 54.6 Å². The number of alkyl halides is 1. The molecule has 1 atom stereocenters. The van der Waals surface area contributed by atoms with Crippen LogP contribution in [-0.4, -0.2) is 10.9 Å². The van der Waals surface area contributed by atoms with Gasteiger partial charge in [-0.1, -0.05) is 15.9 Å². The van der Waals surface area contributed by atoms with Gasteiger partial charge in [-0.15, -0.1) is 5.11 Å². The van der Waals surface area contributed by atoms with Crippen molar-refractivity contribution < 1.29 is 4.79 Å². The summed E-state index contributed by atoms with van der Waals surface area (Å²) in [5.74, 6) is -0.291. The number of carbonyl (C=O) groups is 1. The molecule has 0 bridgehead atoms. The third-order valence-corrected chi connectivity index (χ3v) is 1.15. The zero-order chi connectivity index (χ0) is 5.98. The molecule has 1 rings (SSSR count). The Morgan fingerprint density at radius 1 is 1.75 bits per heavy atom. The van der Waals surface area contributed by atoms with Crippen LogP contribution < -0.4 is 0 Å². The molecule has 1 heterocycles. The second-order valence-electron chi connectivity index (χ2n) is 1.29. The number of nitrogens with zero attached hydrogens (tertiary/aromatic N) is 2. The molecule has 1 aliphatic heterocycles. The molecule has 8 heavy (non-hydrogen) atoms. The summed E-state index contributed by atoms with van der Waals surface area (Å²) in [5.41, 5.74) is 0. The Morgan fingerprint density at radius 3 is 2.88 bits per heavy atom. The zero-order valence-electron chi connectivity index (χ0n) is 3.91. The second-order valence-corrected chi connectivity index (χ2v) is 2.22. The van der Waals surface area contributed by atoms with Crippen LogP contribution in [0.4, 0.5) is 0 Å². The van der Waals surface area contributed by atoms with Crippen molar-refractivity contribution in [1.29, 1.82) is 0 Å². The van der Waals surface area contributed by atoms with E-state index in [2.05, 4.69) is 26.2 Å². The third-order valence-electron chi connectivity index (χ3n) is 0.664. The minimum Gasteiger partial charge on any atom is -0.266 e. The standard InChI is InChI=1S/C4H3BrN2O/c5-3-1-2-4(8)7-6-3/h1-3H. The minimum atomic E-state index is -0.291. The molecule has 0 aromatic carbocycles. The molecule has 0 aromatic heterocycles. The third kappa shape index (κ3) is 1.23. The Bertz CT molecular complexity index is 147. The number of rotatable bonds is 0. The molecule has 0 saturated carbocycles. The van der Waals surface area contributed by atoms with Crippen molar-refractivity contribution in [2.45, 2.75) is 4.95 Å². The number of halogens is 1. The average Bonchev–Trinajstić information content (AvgIpc) is 1.77. The fraction of sp³-hybridized carbons (Fsp3) is 0.250. The first-order chi connectivity index (χ1) is 3.79. The van der Waals surface area contributed by atoms with Gasteiger partial charge in [0.25, 0.3) is 5.91 Å². The monoisotopic (exact) mass is 174 g/mol. The molecule has 1 amide bonds. The van der Waals surface area contributed by atoms with Crippen molar-refractivity contribution in [2.24, 2.45) is 10.2 Å². The first-order valence-corrected chi connectivity index (χ1v) is 2.98. The van der Waals surface area contributed by atoms with Gasteiger partial charge in [-0.25, -0.2) is 0 Å². The molecule has 0 aromatic rings. The van der Waals surface area contributed by atoms with Crippen LogP contribution in [-0.2, 0) is 4.79 Å². The van der Waals surface area contributed by atoms with E-state index in [0.29, 0.717) is 0 Å². The highest BCUT2D eigenvalue weighted by Gasteiger charge is 2.02. The molecule has 0 aliphatic carbocycles. The quantitative estimate of drug-likeness (QED) is 0.403. The van der Waals surface area contributed by atoms with Crippen molar-refractivity contribution >= 4 is 21.8 Å².